The van der Waals surface area contributed by atoms with Crippen LogP contribution in [0.3, 0.4) is 0 Å². The van der Waals surface area contributed by atoms with Gasteiger partial charge in [-0.15, -0.1) is 4.91 Å². The summed E-state index contributed by atoms with van der Waals surface area (Å²) in [6.07, 6.45) is 0.423. The Bertz CT molecular complexity index is 556. The lowest BCUT2D eigenvalue weighted by Gasteiger charge is -2.05. The molecule has 0 atom stereocenters. The van der Waals surface area contributed by atoms with E-state index in [1.165, 1.54) is 0 Å². The Morgan fingerprint density at radius 2 is 1.88 bits per heavy atom. The lowest BCUT2D eigenvalue weighted by Crippen LogP contribution is -1.97. The smallest absolute Gasteiger partial charge is 0.163 e. The van der Waals surface area contributed by atoms with Crippen molar-refractivity contribution in [1.82, 2.24) is 0 Å². The van der Waals surface area contributed by atoms with Crippen LogP contribution in [0.5, 0.6) is 0 Å². The number of benzene rings is 2. The Morgan fingerprint density at radius 3 is 2.50 bits per heavy atom. The SMILES string of the molecule is CCC(=O)c1cccc2cccc(N=O)c12. The highest BCUT2D eigenvalue weighted by Gasteiger charge is 2.11. The molecule has 0 spiro atoms. The van der Waals surface area contributed by atoms with E-state index in [9.17, 15) is 9.70 Å². The van der Waals surface area contributed by atoms with Crippen molar-refractivity contribution in [2.45, 2.75) is 13.3 Å². The van der Waals surface area contributed by atoms with Crippen LogP contribution in [0.2, 0.25) is 0 Å². The maximum atomic E-state index is 11.8. The van der Waals surface area contributed by atoms with Gasteiger partial charge in [0.05, 0.1) is 0 Å². The average Bonchev–Trinajstić information content (AvgIpc) is 2.36. The zero-order valence-corrected chi connectivity index (χ0v) is 8.93. The van der Waals surface area contributed by atoms with Gasteiger partial charge in [-0.05, 0) is 16.6 Å². The predicted octanol–water partition coefficient (Wildman–Crippen LogP) is 3.83. The molecule has 0 fully saturated rings. The first-order valence-electron chi connectivity index (χ1n) is 5.16. The van der Waals surface area contributed by atoms with E-state index >= 15 is 0 Å². The van der Waals surface area contributed by atoms with Gasteiger partial charge >= 0.3 is 0 Å². The first kappa shape index (κ1) is 10.5. The summed E-state index contributed by atoms with van der Waals surface area (Å²) < 4.78 is 0. The van der Waals surface area contributed by atoms with E-state index < -0.39 is 0 Å². The monoisotopic (exact) mass is 213 g/mol. The van der Waals surface area contributed by atoms with Gasteiger partial charge in [0, 0.05) is 17.4 Å². The van der Waals surface area contributed by atoms with E-state index in [1.807, 2.05) is 18.2 Å². The highest BCUT2D eigenvalue weighted by Crippen LogP contribution is 2.29. The predicted molar refractivity (Wildman–Crippen MR) is 64.0 cm³/mol. The number of fused-ring (bicyclic) bond motifs is 1. The first-order chi connectivity index (χ1) is 7.77. The molecule has 16 heavy (non-hydrogen) atoms. The third kappa shape index (κ3) is 1.60. The second kappa shape index (κ2) is 4.23. The molecule has 0 aromatic heterocycles. The molecule has 0 aliphatic rings. The molecule has 0 radical (unpaired) electrons. The molecular weight excluding hydrogens is 202 g/mol. The number of ketones is 1. The molecule has 80 valence electrons. The lowest BCUT2D eigenvalue weighted by atomic mass is 9.99. The first-order valence-corrected chi connectivity index (χ1v) is 5.16. The third-order valence-corrected chi connectivity index (χ3v) is 2.60. The highest BCUT2D eigenvalue weighted by molar-refractivity contribution is 6.11. The number of carbonyl (C=O) groups is 1. The highest BCUT2D eigenvalue weighted by atomic mass is 16.3. The van der Waals surface area contributed by atoms with Gasteiger partial charge in [-0.1, -0.05) is 37.3 Å². The summed E-state index contributed by atoms with van der Waals surface area (Å²) in [7, 11) is 0. The Balaban J connectivity index is 2.83. The van der Waals surface area contributed by atoms with E-state index in [0.717, 1.165) is 5.39 Å². The van der Waals surface area contributed by atoms with Crippen molar-refractivity contribution in [3.63, 3.8) is 0 Å². The largest absolute Gasteiger partial charge is 0.294 e. The molecule has 0 unspecified atom stereocenters. The Labute approximate surface area is 93.1 Å². The fourth-order valence-corrected chi connectivity index (χ4v) is 1.82. The number of Topliss-reactive ketones (excluding diaryl/α,β-unsaturated/α-hetero) is 1. The zero-order chi connectivity index (χ0) is 11.5. The van der Waals surface area contributed by atoms with Crippen molar-refractivity contribution in [3.8, 4) is 0 Å². The van der Waals surface area contributed by atoms with Crippen molar-refractivity contribution < 1.29 is 4.79 Å². The summed E-state index contributed by atoms with van der Waals surface area (Å²) in [5, 5.41) is 4.50. The minimum Gasteiger partial charge on any atom is -0.294 e. The fraction of sp³-hybridized carbons (Fsp3) is 0.154. The van der Waals surface area contributed by atoms with Gasteiger partial charge in [-0.25, -0.2) is 0 Å². The molecule has 2 aromatic rings. The Kier molecular flexibility index (Phi) is 2.77. The summed E-state index contributed by atoms with van der Waals surface area (Å²) in [6.45, 7) is 1.80. The summed E-state index contributed by atoms with van der Waals surface area (Å²) in [4.78, 5) is 22.5. The molecule has 2 rings (SSSR count). The summed E-state index contributed by atoms with van der Waals surface area (Å²) in [5.74, 6) is 0.0294. The maximum absolute atomic E-state index is 11.8. The molecule has 0 amide bonds. The van der Waals surface area contributed by atoms with Crippen LogP contribution in [-0.4, -0.2) is 5.78 Å². The van der Waals surface area contributed by atoms with Gasteiger partial charge < -0.3 is 0 Å². The number of hydrogen-bond donors (Lipinski definition) is 0. The minimum atomic E-state index is 0.0294. The van der Waals surface area contributed by atoms with E-state index in [0.29, 0.717) is 23.1 Å². The number of hydrogen-bond acceptors (Lipinski definition) is 3. The quantitative estimate of drug-likeness (QED) is 0.574. The standard InChI is InChI=1S/C13H11NO2/c1-2-12(15)10-7-3-5-9-6-4-8-11(14-16)13(9)10/h3-8H,2H2,1H3. The molecule has 0 bridgehead atoms. The molecule has 0 saturated carbocycles. The molecule has 2 aromatic carbocycles. The number of rotatable bonds is 3. The molecule has 0 saturated heterocycles. The number of nitrogens with zero attached hydrogens (tertiary/aromatic N) is 1. The van der Waals surface area contributed by atoms with Gasteiger partial charge in [0.15, 0.2) is 5.78 Å². The van der Waals surface area contributed by atoms with Gasteiger partial charge in [-0.2, -0.15) is 0 Å². The van der Waals surface area contributed by atoms with Crippen LogP contribution in [0.4, 0.5) is 5.69 Å². The molecular formula is C13H11NO2. The molecule has 3 nitrogen and oxygen atoms in total. The summed E-state index contributed by atoms with van der Waals surface area (Å²) in [6, 6.07) is 10.7. The van der Waals surface area contributed by atoms with Crippen LogP contribution in [0, 0.1) is 4.91 Å². The molecule has 0 aliphatic heterocycles. The van der Waals surface area contributed by atoms with Gasteiger partial charge in [-0.3, -0.25) is 4.79 Å². The summed E-state index contributed by atoms with van der Waals surface area (Å²) >= 11 is 0. The van der Waals surface area contributed by atoms with Gasteiger partial charge in [0.25, 0.3) is 0 Å². The van der Waals surface area contributed by atoms with Crippen molar-refractivity contribution in [1.29, 1.82) is 0 Å². The Hall–Kier alpha value is -2.03. The fourth-order valence-electron chi connectivity index (χ4n) is 1.82. The third-order valence-electron chi connectivity index (χ3n) is 2.60. The van der Waals surface area contributed by atoms with Crippen LogP contribution in [0.25, 0.3) is 10.8 Å². The van der Waals surface area contributed by atoms with Crippen molar-refractivity contribution in [2.24, 2.45) is 5.18 Å². The molecule has 0 aliphatic carbocycles. The molecule has 0 N–H and O–H groups in total. The van der Waals surface area contributed by atoms with Crippen LogP contribution in [-0.2, 0) is 0 Å². The van der Waals surface area contributed by atoms with Crippen molar-refractivity contribution in [3.05, 3.63) is 46.9 Å². The minimum absolute atomic E-state index is 0.0294. The van der Waals surface area contributed by atoms with Gasteiger partial charge in [0.1, 0.15) is 5.69 Å². The maximum Gasteiger partial charge on any atom is 0.163 e. The van der Waals surface area contributed by atoms with Crippen LogP contribution in [0.1, 0.15) is 23.7 Å². The second-order valence-electron chi connectivity index (χ2n) is 3.55. The normalized spacial score (nSPS) is 10.3. The molecule has 3 heteroatoms. The average molecular weight is 213 g/mol. The van der Waals surface area contributed by atoms with E-state index in [2.05, 4.69) is 5.18 Å². The zero-order valence-electron chi connectivity index (χ0n) is 8.93. The van der Waals surface area contributed by atoms with Crippen molar-refractivity contribution >= 4 is 22.2 Å². The van der Waals surface area contributed by atoms with Crippen LogP contribution in [0.15, 0.2) is 41.6 Å². The van der Waals surface area contributed by atoms with Crippen molar-refractivity contribution in [2.75, 3.05) is 0 Å². The Morgan fingerprint density at radius 1 is 1.19 bits per heavy atom. The van der Waals surface area contributed by atoms with Crippen LogP contribution < -0.4 is 0 Å². The van der Waals surface area contributed by atoms with E-state index in [4.69, 9.17) is 0 Å². The number of carbonyl (C=O) groups excluding carboxylic acids is 1. The lowest BCUT2D eigenvalue weighted by molar-refractivity contribution is 0.0990. The topological polar surface area (TPSA) is 46.5 Å². The molecule has 0 heterocycles. The number of nitroso groups, excluding NO2 is 1. The van der Waals surface area contributed by atoms with E-state index in [1.54, 1.807) is 25.1 Å². The summed E-state index contributed by atoms with van der Waals surface area (Å²) in [5.41, 5.74) is 0.908. The van der Waals surface area contributed by atoms with Gasteiger partial charge in [0.2, 0.25) is 0 Å². The van der Waals surface area contributed by atoms with Crippen LogP contribution >= 0.6 is 0 Å². The van der Waals surface area contributed by atoms with E-state index in [-0.39, 0.29) is 5.78 Å². The second-order valence-corrected chi connectivity index (χ2v) is 3.55.